The Morgan fingerprint density at radius 2 is 1.71 bits per heavy atom. The fraction of sp³-hybridized carbons (Fsp3) is 0.0833. The third kappa shape index (κ3) is 3.32. The summed E-state index contributed by atoms with van der Waals surface area (Å²) in [6.07, 6.45) is 3.22. The highest BCUT2D eigenvalue weighted by atomic mass is 16.3. The standard InChI is InChI=1S/C24H19NO3/c1-15-8-11-20-23(27)19-12-10-18(14-21(19)28-24(20)16(15)2)25-22(26)13-9-17-6-4-3-5-7-17/h3-14H,1-2H3,(H,25,26)/b13-9+. The van der Waals surface area contributed by atoms with Crippen LogP contribution in [0.1, 0.15) is 16.7 Å². The molecule has 0 saturated carbocycles. The highest BCUT2D eigenvalue weighted by Gasteiger charge is 2.11. The number of hydrogen-bond donors (Lipinski definition) is 1. The van der Waals surface area contributed by atoms with E-state index in [1.54, 1.807) is 30.3 Å². The fourth-order valence-corrected chi connectivity index (χ4v) is 3.15. The van der Waals surface area contributed by atoms with Gasteiger partial charge in [-0.1, -0.05) is 36.4 Å². The molecule has 3 aromatic carbocycles. The van der Waals surface area contributed by atoms with Crippen LogP contribution in [0.25, 0.3) is 28.0 Å². The Hall–Kier alpha value is -3.66. The second-order valence-electron chi connectivity index (χ2n) is 6.76. The van der Waals surface area contributed by atoms with Crippen molar-refractivity contribution in [1.29, 1.82) is 0 Å². The Balaban J connectivity index is 1.68. The summed E-state index contributed by atoms with van der Waals surface area (Å²) in [5.74, 6) is -0.252. The first kappa shape index (κ1) is 17.7. The maximum absolute atomic E-state index is 12.8. The summed E-state index contributed by atoms with van der Waals surface area (Å²) >= 11 is 0. The van der Waals surface area contributed by atoms with Crippen molar-refractivity contribution in [2.24, 2.45) is 0 Å². The monoisotopic (exact) mass is 369 g/mol. The van der Waals surface area contributed by atoms with E-state index in [0.29, 0.717) is 27.6 Å². The molecular weight excluding hydrogens is 350 g/mol. The van der Waals surface area contributed by atoms with Gasteiger partial charge < -0.3 is 9.73 Å². The second kappa shape index (κ2) is 7.16. The van der Waals surface area contributed by atoms with Crippen molar-refractivity contribution in [2.75, 3.05) is 5.32 Å². The van der Waals surface area contributed by atoms with Crippen LogP contribution < -0.4 is 10.7 Å². The minimum absolute atomic E-state index is 0.0683. The van der Waals surface area contributed by atoms with Crippen LogP contribution >= 0.6 is 0 Å². The number of anilines is 1. The van der Waals surface area contributed by atoms with E-state index in [-0.39, 0.29) is 11.3 Å². The van der Waals surface area contributed by atoms with E-state index in [2.05, 4.69) is 5.32 Å². The van der Waals surface area contributed by atoms with E-state index in [1.165, 1.54) is 6.08 Å². The van der Waals surface area contributed by atoms with Crippen LogP contribution in [0.2, 0.25) is 0 Å². The van der Waals surface area contributed by atoms with Crippen LogP contribution in [-0.2, 0) is 4.79 Å². The van der Waals surface area contributed by atoms with Gasteiger partial charge in [-0.3, -0.25) is 9.59 Å². The van der Waals surface area contributed by atoms with Crippen molar-refractivity contribution >= 4 is 39.6 Å². The largest absolute Gasteiger partial charge is 0.455 e. The lowest BCUT2D eigenvalue weighted by atomic mass is 10.0. The average Bonchev–Trinajstić information content (AvgIpc) is 2.70. The highest BCUT2D eigenvalue weighted by Crippen LogP contribution is 2.25. The van der Waals surface area contributed by atoms with Crippen LogP contribution in [0.4, 0.5) is 5.69 Å². The zero-order chi connectivity index (χ0) is 19.7. The molecule has 0 atom stereocenters. The highest BCUT2D eigenvalue weighted by molar-refractivity contribution is 6.03. The predicted molar refractivity (Wildman–Crippen MR) is 114 cm³/mol. The molecule has 1 heterocycles. The van der Waals surface area contributed by atoms with Crippen LogP contribution in [-0.4, -0.2) is 5.91 Å². The van der Waals surface area contributed by atoms with Gasteiger partial charge in [-0.25, -0.2) is 0 Å². The number of aryl methyl sites for hydroxylation is 2. The van der Waals surface area contributed by atoms with Gasteiger partial charge in [-0.05, 0) is 54.8 Å². The Labute approximate surface area is 162 Å². The number of carbonyl (C=O) groups excluding carboxylic acids is 1. The first-order chi connectivity index (χ1) is 13.5. The zero-order valence-corrected chi connectivity index (χ0v) is 15.7. The SMILES string of the molecule is Cc1ccc2c(=O)c3ccc(NC(=O)/C=C/c4ccccc4)cc3oc2c1C. The van der Waals surface area contributed by atoms with Crippen LogP contribution in [0.5, 0.6) is 0 Å². The fourth-order valence-electron chi connectivity index (χ4n) is 3.15. The van der Waals surface area contributed by atoms with E-state index < -0.39 is 0 Å². The minimum Gasteiger partial charge on any atom is -0.455 e. The molecule has 0 bridgehead atoms. The van der Waals surface area contributed by atoms with Gasteiger partial charge in [0.1, 0.15) is 11.2 Å². The predicted octanol–water partition coefficient (Wildman–Crippen LogP) is 5.21. The van der Waals surface area contributed by atoms with Crippen molar-refractivity contribution < 1.29 is 9.21 Å². The maximum atomic E-state index is 12.8. The summed E-state index contributed by atoms with van der Waals surface area (Å²) in [5.41, 5.74) is 4.49. The van der Waals surface area contributed by atoms with Crippen molar-refractivity contribution in [2.45, 2.75) is 13.8 Å². The molecule has 0 unspecified atom stereocenters. The van der Waals surface area contributed by atoms with E-state index in [0.717, 1.165) is 16.7 Å². The van der Waals surface area contributed by atoms with E-state index in [4.69, 9.17) is 4.42 Å². The van der Waals surface area contributed by atoms with Crippen LogP contribution in [0, 0.1) is 13.8 Å². The molecule has 1 N–H and O–H groups in total. The number of fused-ring (bicyclic) bond motifs is 2. The van der Waals surface area contributed by atoms with Crippen molar-refractivity contribution in [3.8, 4) is 0 Å². The lowest BCUT2D eigenvalue weighted by molar-refractivity contribution is -0.111. The van der Waals surface area contributed by atoms with E-state index in [9.17, 15) is 9.59 Å². The van der Waals surface area contributed by atoms with Gasteiger partial charge >= 0.3 is 0 Å². The molecule has 0 radical (unpaired) electrons. The molecule has 0 aliphatic heterocycles. The number of hydrogen-bond acceptors (Lipinski definition) is 3. The van der Waals surface area contributed by atoms with Gasteiger partial charge in [0.15, 0.2) is 0 Å². The summed E-state index contributed by atoms with van der Waals surface area (Å²) < 4.78 is 6.02. The molecule has 138 valence electrons. The molecule has 4 aromatic rings. The van der Waals surface area contributed by atoms with Gasteiger partial charge in [0, 0.05) is 17.8 Å². The molecule has 0 spiro atoms. The molecule has 0 aliphatic carbocycles. The van der Waals surface area contributed by atoms with Gasteiger partial charge in [0.05, 0.1) is 10.8 Å². The molecule has 1 aromatic heterocycles. The lowest BCUT2D eigenvalue weighted by Gasteiger charge is -2.08. The quantitative estimate of drug-likeness (QED) is 0.398. The molecule has 0 saturated heterocycles. The number of rotatable bonds is 3. The normalized spacial score (nSPS) is 11.4. The van der Waals surface area contributed by atoms with Crippen LogP contribution in [0.3, 0.4) is 0 Å². The second-order valence-corrected chi connectivity index (χ2v) is 6.76. The van der Waals surface area contributed by atoms with Crippen molar-refractivity contribution in [3.05, 3.63) is 93.7 Å². The van der Waals surface area contributed by atoms with Crippen molar-refractivity contribution in [3.63, 3.8) is 0 Å². The summed E-state index contributed by atoms with van der Waals surface area (Å²) in [7, 11) is 0. The molecule has 1 amide bonds. The third-order valence-electron chi connectivity index (χ3n) is 4.85. The summed E-state index contributed by atoms with van der Waals surface area (Å²) in [4.78, 5) is 25.0. The smallest absolute Gasteiger partial charge is 0.248 e. The number of nitrogens with one attached hydrogen (secondary N) is 1. The van der Waals surface area contributed by atoms with Gasteiger partial charge in [0.2, 0.25) is 11.3 Å². The van der Waals surface area contributed by atoms with Crippen molar-refractivity contribution in [1.82, 2.24) is 0 Å². The molecule has 28 heavy (non-hydrogen) atoms. The molecule has 4 rings (SSSR count). The third-order valence-corrected chi connectivity index (χ3v) is 4.85. The topological polar surface area (TPSA) is 59.3 Å². The number of carbonyl (C=O) groups is 1. The van der Waals surface area contributed by atoms with Crippen LogP contribution in [0.15, 0.2) is 76.0 Å². The number of benzene rings is 3. The van der Waals surface area contributed by atoms with Gasteiger partial charge in [0.25, 0.3) is 0 Å². The van der Waals surface area contributed by atoms with E-state index >= 15 is 0 Å². The Kier molecular flexibility index (Phi) is 4.53. The lowest BCUT2D eigenvalue weighted by Crippen LogP contribution is -2.08. The first-order valence-corrected chi connectivity index (χ1v) is 9.04. The molecule has 4 nitrogen and oxygen atoms in total. The maximum Gasteiger partial charge on any atom is 0.248 e. The molecular formula is C24H19NO3. The van der Waals surface area contributed by atoms with E-state index in [1.807, 2.05) is 50.2 Å². The minimum atomic E-state index is -0.252. The zero-order valence-electron chi connectivity index (χ0n) is 15.7. The Bertz CT molecular complexity index is 1280. The summed E-state index contributed by atoms with van der Waals surface area (Å²) in [6, 6.07) is 18.4. The van der Waals surface area contributed by atoms with Gasteiger partial charge in [-0.2, -0.15) is 0 Å². The number of amides is 1. The molecule has 4 heteroatoms. The van der Waals surface area contributed by atoms with Gasteiger partial charge in [-0.15, -0.1) is 0 Å². The molecule has 0 fully saturated rings. The average molecular weight is 369 g/mol. The summed E-state index contributed by atoms with van der Waals surface area (Å²) in [6.45, 7) is 3.92. The summed E-state index contributed by atoms with van der Waals surface area (Å²) in [5, 5.41) is 3.87. The Morgan fingerprint density at radius 1 is 0.964 bits per heavy atom. The first-order valence-electron chi connectivity index (χ1n) is 9.04. The Morgan fingerprint density at radius 3 is 2.50 bits per heavy atom. The molecule has 0 aliphatic rings.